The molecule has 7 nitrogen and oxygen atoms in total. The summed E-state index contributed by atoms with van der Waals surface area (Å²) in [5.74, 6) is 0.987. The average molecular weight is 496 g/mol. The summed E-state index contributed by atoms with van der Waals surface area (Å²) >= 11 is 0. The fourth-order valence-electron chi connectivity index (χ4n) is 2.79. The molecule has 1 aliphatic rings. The summed E-state index contributed by atoms with van der Waals surface area (Å²) in [6.45, 7) is 1.05. The third-order valence-electron chi connectivity index (χ3n) is 4.21. The van der Waals surface area contributed by atoms with E-state index < -0.39 is 0 Å². The Balaban J connectivity index is 0.00000280. The summed E-state index contributed by atoms with van der Waals surface area (Å²) in [6.07, 6.45) is 1.34. The molecule has 3 rings (SSSR count). The normalized spacial score (nSPS) is 16.2. The highest BCUT2D eigenvalue weighted by atomic mass is 127. The van der Waals surface area contributed by atoms with Crippen molar-refractivity contribution in [2.24, 2.45) is 10.7 Å². The molecule has 0 aliphatic carbocycles. The molecule has 2 aromatic carbocycles. The summed E-state index contributed by atoms with van der Waals surface area (Å²) in [6, 6.07) is 15.0. The molecular weight excluding hydrogens is 471 g/mol. The lowest BCUT2D eigenvalue weighted by atomic mass is 10.2. The zero-order valence-electron chi connectivity index (χ0n) is 15.7. The van der Waals surface area contributed by atoms with Gasteiger partial charge in [-0.05, 0) is 54.8 Å². The minimum atomic E-state index is -0.351. The van der Waals surface area contributed by atoms with Crippen molar-refractivity contribution in [1.29, 1.82) is 0 Å². The number of ether oxygens (including phenoxy) is 2. The molecule has 1 atom stereocenters. The third kappa shape index (κ3) is 6.38. The lowest BCUT2D eigenvalue weighted by molar-refractivity contribution is -0.124. The fourth-order valence-corrected chi connectivity index (χ4v) is 2.79. The fraction of sp³-hybridized carbons (Fsp3) is 0.300. The number of carbonyl (C=O) groups excluding carboxylic acids is 1. The van der Waals surface area contributed by atoms with Crippen LogP contribution in [-0.2, 0) is 16.1 Å². The molecule has 4 N–H and O–H groups in total. The number of halogens is 1. The van der Waals surface area contributed by atoms with Gasteiger partial charge in [-0.3, -0.25) is 4.79 Å². The molecule has 1 fully saturated rings. The Kier molecular flexibility index (Phi) is 8.52. The van der Waals surface area contributed by atoms with Gasteiger partial charge in [0.05, 0.1) is 13.7 Å². The van der Waals surface area contributed by atoms with E-state index in [2.05, 4.69) is 15.6 Å². The van der Waals surface area contributed by atoms with Gasteiger partial charge in [0.15, 0.2) is 5.96 Å². The summed E-state index contributed by atoms with van der Waals surface area (Å²) in [5, 5.41) is 5.92. The number of rotatable bonds is 6. The highest BCUT2D eigenvalue weighted by Crippen LogP contribution is 2.17. The molecule has 8 heteroatoms. The van der Waals surface area contributed by atoms with Crippen molar-refractivity contribution in [3.63, 3.8) is 0 Å². The zero-order chi connectivity index (χ0) is 19.1. The maximum atomic E-state index is 12.1. The Morgan fingerprint density at radius 2 is 2.00 bits per heavy atom. The second kappa shape index (κ2) is 10.9. The number of guanidine groups is 1. The summed E-state index contributed by atoms with van der Waals surface area (Å²) < 4.78 is 10.5. The van der Waals surface area contributed by atoms with Crippen LogP contribution >= 0.6 is 24.0 Å². The van der Waals surface area contributed by atoms with E-state index in [1.807, 2.05) is 48.5 Å². The van der Waals surface area contributed by atoms with Crippen LogP contribution in [0.2, 0.25) is 0 Å². The predicted molar refractivity (Wildman–Crippen MR) is 121 cm³/mol. The van der Waals surface area contributed by atoms with Crippen molar-refractivity contribution in [3.8, 4) is 5.75 Å². The zero-order valence-corrected chi connectivity index (χ0v) is 18.0. The number of hydrogen-bond acceptors (Lipinski definition) is 4. The van der Waals surface area contributed by atoms with Crippen LogP contribution in [-0.4, -0.2) is 31.7 Å². The molecule has 0 radical (unpaired) electrons. The molecule has 1 unspecified atom stereocenters. The third-order valence-corrected chi connectivity index (χ3v) is 4.21. The average Bonchev–Trinajstić information content (AvgIpc) is 3.22. The predicted octanol–water partition coefficient (Wildman–Crippen LogP) is 3.36. The molecule has 0 spiro atoms. The van der Waals surface area contributed by atoms with Crippen molar-refractivity contribution in [3.05, 3.63) is 54.1 Å². The molecule has 150 valence electrons. The summed E-state index contributed by atoms with van der Waals surface area (Å²) in [4.78, 5) is 16.5. The molecule has 28 heavy (non-hydrogen) atoms. The maximum Gasteiger partial charge on any atom is 0.253 e. The lowest BCUT2D eigenvalue weighted by Crippen LogP contribution is -2.26. The van der Waals surface area contributed by atoms with Gasteiger partial charge in [-0.2, -0.15) is 0 Å². The van der Waals surface area contributed by atoms with Crippen molar-refractivity contribution in [1.82, 2.24) is 0 Å². The lowest BCUT2D eigenvalue weighted by Gasteiger charge is -2.11. The molecule has 0 saturated carbocycles. The van der Waals surface area contributed by atoms with Crippen molar-refractivity contribution in [2.45, 2.75) is 25.5 Å². The van der Waals surface area contributed by atoms with Crippen molar-refractivity contribution >= 4 is 47.2 Å². The molecule has 1 aliphatic heterocycles. The number of nitrogens with zero attached hydrogens (tertiary/aromatic N) is 1. The van der Waals surface area contributed by atoms with Crippen LogP contribution in [0.3, 0.4) is 0 Å². The van der Waals surface area contributed by atoms with Gasteiger partial charge in [0.1, 0.15) is 11.9 Å². The number of hydrogen-bond donors (Lipinski definition) is 3. The van der Waals surface area contributed by atoms with E-state index in [1.54, 1.807) is 7.11 Å². The number of carbonyl (C=O) groups is 1. The van der Waals surface area contributed by atoms with Crippen LogP contribution in [0, 0.1) is 0 Å². The summed E-state index contributed by atoms with van der Waals surface area (Å²) in [7, 11) is 1.62. The Morgan fingerprint density at radius 1 is 1.21 bits per heavy atom. The number of aliphatic imine (C=N–C) groups is 1. The Labute approximate surface area is 181 Å². The van der Waals surface area contributed by atoms with Gasteiger partial charge in [-0.15, -0.1) is 24.0 Å². The van der Waals surface area contributed by atoms with Crippen LogP contribution < -0.4 is 21.1 Å². The van der Waals surface area contributed by atoms with Gasteiger partial charge in [0, 0.05) is 18.0 Å². The minimum Gasteiger partial charge on any atom is -0.497 e. The maximum absolute atomic E-state index is 12.1. The second-order valence-electron chi connectivity index (χ2n) is 6.25. The topological polar surface area (TPSA) is 98.0 Å². The molecule has 0 aromatic heterocycles. The van der Waals surface area contributed by atoms with Gasteiger partial charge in [-0.1, -0.05) is 12.1 Å². The largest absolute Gasteiger partial charge is 0.497 e. The number of benzene rings is 2. The first kappa shape index (κ1) is 22.0. The summed E-state index contributed by atoms with van der Waals surface area (Å²) in [5.41, 5.74) is 8.45. The Hall–Kier alpha value is -2.33. The van der Waals surface area contributed by atoms with E-state index in [1.165, 1.54) is 0 Å². The number of amides is 1. The van der Waals surface area contributed by atoms with E-state index in [4.69, 9.17) is 15.2 Å². The van der Waals surface area contributed by atoms with Gasteiger partial charge >= 0.3 is 0 Å². The van der Waals surface area contributed by atoms with Gasteiger partial charge in [0.2, 0.25) is 0 Å². The van der Waals surface area contributed by atoms with Crippen LogP contribution in [0.1, 0.15) is 18.4 Å². The molecular formula is C20H25IN4O3. The number of methoxy groups -OCH3 is 1. The van der Waals surface area contributed by atoms with Gasteiger partial charge in [0.25, 0.3) is 5.91 Å². The highest BCUT2D eigenvalue weighted by molar-refractivity contribution is 14.0. The standard InChI is InChI=1S/C20H24N4O3.HI/c1-26-17-9-7-15(8-10-17)24-20(21)22-13-14-4-2-5-16(12-14)23-19(25)18-6-3-11-27-18;/h2,4-5,7-10,12,18H,3,6,11,13H2,1H3,(H,23,25)(H3,21,22,24);1H. The van der Waals surface area contributed by atoms with E-state index in [0.29, 0.717) is 19.1 Å². The van der Waals surface area contributed by atoms with Crippen LogP contribution in [0.25, 0.3) is 0 Å². The smallest absolute Gasteiger partial charge is 0.253 e. The minimum absolute atomic E-state index is 0. The Bertz CT molecular complexity index is 805. The first-order valence-electron chi connectivity index (χ1n) is 8.86. The molecule has 0 bridgehead atoms. The number of nitrogens with one attached hydrogen (secondary N) is 2. The van der Waals surface area contributed by atoms with E-state index in [0.717, 1.165) is 35.5 Å². The van der Waals surface area contributed by atoms with Crippen molar-refractivity contribution < 1.29 is 14.3 Å². The van der Waals surface area contributed by atoms with E-state index in [-0.39, 0.29) is 36.0 Å². The van der Waals surface area contributed by atoms with Crippen LogP contribution in [0.15, 0.2) is 53.5 Å². The first-order valence-corrected chi connectivity index (χ1v) is 8.86. The number of anilines is 2. The quantitative estimate of drug-likeness (QED) is 0.324. The first-order chi connectivity index (χ1) is 13.1. The Morgan fingerprint density at radius 3 is 2.68 bits per heavy atom. The van der Waals surface area contributed by atoms with Crippen molar-refractivity contribution in [2.75, 3.05) is 24.4 Å². The molecule has 2 aromatic rings. The van der Waals surface area contributed by atoms with Crippen LogP contribution in [0.4, 0.5) is 11.4 Å². The monoisotopic (exact) mass is 496 g/mol. The SMILES string of the molecule is COc1ccc(NC(N)=NCc2cccc(NC(=O)C3CCCO3)c2)cc1.I. The van der Waals surface area contributed by atoms with Crippen LogP contribution in [0.5, 0.6) is 5.75 Å². The highest BCUT2D eigenvalue weighted by Gasteiger charge is 2.23. The number of nitrogens with two attached hydrogens (primary N) is 1. The van der Waals surface area contributed by atoms with E-state index >= 15 is 0 Å². The molecule has 1 amide bonds. The molecule has 1 saturated heterocycles. The second-order valence-corrected chi connectivity index (χ2v) is 6.25. The van der Waals surface area contributed by atoms with Gasteiger partial charge < -0.3 is 25.8 Å². The van der Waals surface area contributed by atoms with E-state index in [9.17, 15) is 4.79 Å². The molecule has 1 heterocycles. The van der Waals surface area contributed by atoms with Gasteiger partial charge in [-0.25, -0.2) is 4.99 Å².